The normalized spacial score (nSPS) is 17.9. The summed E-state index contributed by atoms with van der Waals surface area (Å²) in [6.45, 7) is 7.36. The lowest BCUT2D eigenvalue weighted by molar-refractivity contribution is -0.158. The maximum absolute atomic E-state index is 13.1. The molecule has 1 amide bonds. The Morgan fingerprint density at radius 1 is 1.26 bits per heavy atom. The number of fused-ring (bicyclic) bond motifs is 1. The van der Waals surface area contributed by atoms with Crippen molar-refractivity contribution < 1.29 is 23.0 Å². The van der Waals surface area contributed by atoms with Crippen LogP contribution in [0.2, 0.25) is 0 Å². The SMILES string of the molecule is Cc1ccc(NC(=O)C2CNc3cc(OC(C)(F)F)ccc3O2)c(C#CCN2CCNCC2)c1. The van der Waals surface area contributed by atoms with Gasteiger partial charge in [-0.05, 0) is 36.8 Å². The maximum atomic E-state index is 13.1. The van der Waals surface area contributed by atoms with E-state index in [0.29, 0.717) is 30.6 Å². The number of anilines is 2. The summed E-state index contributed by atoms with van der Waals surface area (Å²) in [5, 5.41) is 9.29. The third-order valence-electron chi connectivity index (χ3n) is 5.46. The molecule has 0 spiro atoms. The van der Waals surface area contributed by atoms with Gasteiger partial charge in [-0.1, -0.05) is 17.9 Å². The van der Waals surface area contributed by atoms with E-state index in [-0.39, 0.29) is 18.2 Å². The van der Waals surface area contributed by atoms with Gasteiger partial charge in [-0.25, -0.2) is 0 Å². The van der Waals surface area contributed by atoms with Gasteiger partial charge in [0, 0.05) is 44.7 Å². The predicted molar refractivity (Wildman–Crippen MR) is 127 cm³/mol. The molecule has 180 valence electrons. The zero-order valence-corrected chi connectivity index (χ0v) is 19.2. The van der Waals surface area contributed by atoms with Gasteiger partial charge in [0.05, 0.1) is 24.5 Å². The average Bonchev–Trinajstić information content (AvgIpc) is 2.80. The molecule has 1 atom stereocenters. The molecule has 9 heteroatoms. The topological polar surface area (TPSA) is 74.9 Å². The van der Waals surface area contributed by atoms with Crippen molar-refractivity contribution in [1.82, 2.24) is 10.2 Å². The van der Waals surface area contributed by atoms with Gasteiger partial charge in [-0.3, -0.25) is 9.69 Å². The molecule has 3 N–H and O–H groups in total. The third kappa shape index (κ3) is 6.37. The van der Waals surface area contributed by atoms with Crippen LogP contribution in [0.3, 0.4) is 0 Å². The van der Waals surface area contributed by atoms with Crippen LogP contribution in [0, 0.1) is 18.8 Å². The lowest BCUT2D eigenvalue weighted by atomic mass is 10.1. The Morgan fingerprint density at radius 3 is 2.82 bits per heavy atom. The first-order chi connectivity index (χ1) is 16.3. The summed E-state index contributed by atoms with van der Waals surface area (Å²) in [5.74, 6) is 6.48. The van der Waals surface area contributed by atoms with Crippen LogP contribution in [0.25, 0.3) is 0 Å². The van der Waals surface area contributed by atoms with Crippen LogP contribution >= 0.6 is 0 Å². The predicted octanol–water partition coefficient (Wildman–Crippen LogP) is 3.05. The second-order valence-electron chi connectivity index (χ2n) is 8.42. The van der Waals surface area contributed by atoms with E-state index in [1.165, 1.54) is 18.2 Å². The Kier molecular flexibility index (Phi) is 7.20. The number of aryl methyl sites for hydroxylation is 1. The van der Waals surface area contributed by atoms with Crippen molar-refractivity contribution in [2.75, 3.05) is 49.9 Å². The highest BCUT2D eigenvalue weighted by Gasteiger charge is 2.28. The van der Waals surface area contributed by atoms with Gasteiger partial charge in [-0.15, -0.1) is 0 Å². The summed E-state index contributed by atoms with van der Waals surface area (Å²) < 4.78 is 36.6. The molecule has 4 rings (SSSR count). The highest BCUT2D eigenvalue weighted by Crippen LogP contribution is 2.34. The van der Waals surface area contributed by atoms with Crippen molar-refractivity contribution in [1.29, 1.82) is 0 Å². The zero-order chi connectivity index (χ0) is 24.1. The van der Waals surface area contributed by atoms with E-state index in [4.69, 9.17) is 4.74 Å². The Balaban J connectivity index is 1.41. The van der Waals surface area contributed by atoms with E-state index in [9.17, 15) is 13.6 Å². The molecule has 2 aliphatic rings. The molecule has 1 fully saturated rings. The number of halogens is 2. The van der Waals surface area contributed by atoms with Gasteiger partial charge in [0.25, 0.3) is 5.91 Å². The smallest absolute Gasteiger partial charge is 0.394 e. The third-order valence-corrected chi connectivity index (χ3v) is 5.46. The molecule has 1 unspecified atom stereocenters. The number of amides is 1. The fourth-order valence-electron chi connectivity index (χ4n) is 3.76. The molecule has 2 aromatic rings. The summed E-state index contributed by atoms with van der Waals surface area (Å²) >= 11 is 0. The summed E-state index contributed by atoms with van der Waals surface area (Å²) in [6.07, 6.45) is -4.08. The maximum Gasteiger partial charge on any atom is 0.394 e. The largest absolute Gasteiger partial charge is 0.477 e. The minimum Gasteiger partial charge on any atom is -0.477 e. The van der Waals surface area contributed by atoms with Crippen LogP contribution in [0.15, 0.2) is 36.4 Å². The number of ether oxygens (including phenoxy) is 2. The molecular weight excluding hydrogens is 442 g/mol. The number of carbonyl (C=O) groups excluding carboxylic acids is 1. The number of nitrogens with one attached hydrogen (secondary N) is 3. The Morgan fingerprint density at radius 2 is 2.06 bits per heavy atom. The number of nitrogens with zero attached hydrogens (tertiary/aromatic N) is 1. The molecule has 1 saturated heterocycles. The van der Waals surface area contributed by atoms with Crippen LogP contribution in [0.5, 0.6) is 11.5 Å². The fourth-order valence-corrected chi connectivity index (χ4v) is 3.76. The molecule has 7 nitrogen and oxygen atoms in total. The molecule has 0 aliphatic carbocycles. The van der Waals surface area contributed by atoms with Gasteiger partial charge in [0.2, 0.25) is 0 Å². The standard InChI is InChI=1S/C25H28F2N4O3/c1-17-5-7-20(18(14-17)4-3-11-31-12-9-28-10-13-31)30-24(32)23-16-29-21-15-19(34-25(2,26)27)6-8-22(21)33-23/h5-8,14-15,23,28-29H,9-13,16H2,1-2H3,(H,30,32). The molecular formula is C25H28F2N4O3. The average molecular weight is 471 g/mol. The lowest BCUT2D eigenvalue weighted by Crippen LogP contribution is -2.43. The highest BCUT2D eigenvalue weighted by molar-refractivity contribution is 5.96. The van der Waals surface area contributed by atoms with E-state index in [1.807, 2.05) is 25.1 Å². The van der Waals surface area contributed by atoms with Gasteiger partial charge in [0.15, 0.2) is 6.10 Å². The van der Waals surface area contributed by atoms with E-state index in [1.54, 1.807) is 0 Å². The number of hydrogen-bond acceptors (Lipinski definition) is 6. The molecule has 34 heavy (non-hydrogen) atoms. The van der Waals surface area contributed by atoms with Crippen LogP contribution < -0.4 is 25.4 Å². The Hall–Kier alpha value is -3.35. The molecule has 0 aromatic heterocycles. The second-order valence-corrected chi connectivity index (χ2v) is 8.42. The van der Waals surface area contributed by atoms with Gasteiger partial charge in [-0.2, -0.15) is 8.78 Å². The van der Waals surface area contributed by atoms with Crippen LogP contribution in [0.1, 0.15) is 18.1 Å². The van der Waals surface area contributed by atoms with Crippen LogP contribution in [-0.4, -0.2) is 62.3 Å². The van der Waals surface area contributed by atoms with Gasteiger partial charge >= 0.3 is 6.11 Å². The molecule has 2 aromatic carbocycles. The zero-order valence-electron chi connectivity index (χ0n) is 19.2. The fraction of sp³-hybridized carbons (Fsp3) is 0.400. The van der Waals surface area contributed by atoms with Crippen LogP contribution in [0.4, 0.5) is 20.2 Å². The van der Waals surface area contributed by atoms with Crippen molar-refractivity contribution in [3.8, 4) is 23.3 Å². The van der Waals surface area contributed by atoms with E-state index in [0.717, 1.165) is 37.3 Å². The van der Waals surface area contributed by atoms with Crippen LogP contribution in [-0.2, 0) is 4.79 Å². The number of carbonyl (C=O) groups is 1. The number of piperazine rings is 1. The first-order valence-corrected chi connectivity index (χ1v) is 11.2. The van der Waals surface area contributed by atoms with Gasteiger partial charge < -0.3 is 25.4 Å². The van der Waals surface area contributed by atoms with Crippen molar-refractivity contribution in [2.45, 2.75) is 26.1 Å². The Labute approximate surface area is 197 Å². The minimum atomic E-state index is -3.29. The molecule has 2 heterocycles. The quantitative estimate of drug-likeness (QED) is 0.584. The monoisotopic (exact) mass is 470 g/mol. The van der Waals surface area contributed by atoms with Gasteiger partial charge in [0.1, 0.15) is 11.5 Å². The first-order valence-electron chi connectivity index (χ1n) is 11.2. The van der Waals surface area contributed by atoms with E-state index in [2.05, 4.69) is 37.4 Å². The summed E-state index contributed by atoms with van der Waals surface area (Å²) in [7, 11) is 0. The van der Waals surface area contributed by atoms with Crippen molar-refractivity contribution in [3.05, 3.63) is 47.5 Å². The highest BCUT2D eigenvalue weighted by atomic mass is 19.3. The molecule has 0 bridgehead atoms. The summed E-state index contributed by atoms with van der Waals surface area (Å²) in [6, 6.07) is 10.00. The lowest BCUT2D eigenvalue weighted by Gasteiger charge is -2.27. The number of hydrogen-bond donors (Lipinski definition) is 3. The second kappa shape index (κ2) is 10.3. The van der Waals surface area contributed by atoms with E-state index < -0.39 is 12.2 Å². The molecule has 0 radical (unpaired) electrons. The Bertz CT molecular complexity index is 1100. The van der Waals surface area contributed by atoms with Crippen molar-refractivity contribution >= 4 is 17.3 Å². The molecule has 0 saturated carbocycles. The minimum absolute atomic E-state index is 0.00828. The van der Waals surface area contributed by atoms with Crippen molar-refractivity contribution in [3.63, 3.8) is 0 Å². The van der Waals surface area contributed by atoms with E-state index >= 15 is 0 Å². The molecule has 2 aliphatic heterocycles. The number of benzene rings is 2. The van der Waals surface area contributed by atoms with Crippen molar-refractivity contribution in [2.24, 2.45) is 0 Å². The summed E-state index contributed by atoms with van der Waals surface area (Å²) in [5.41, 5.74) is 2.90. The first kappa shape index (κ1) is 23.8. The number of alkyl halides is 2. The summed E-state index contributed by atoms with van der Waals surface area (Å²) in [4.78, 5) is 15.2. The number of rotatable bonds is 5.